The number of aliphatic carboxylic acids is 1. The van der Waals surface area contributed by atoms with E-state index < -0.39 is 23.5 Å². The van der Waals surface area contributed by atoms with Gasteiger partial charge in [-0.25, -0.2) is 4.79 Å². The second kappa shape index (κ2) is 7.40. The Bertz CT molecular complexity index is 561. The lowest BCUT2D eigenvalue weighted by Crippen LogP contribution is -2.31. The summed E-state index contributed by atoms with van der Waals surface area (Å²) in [6.07, 6.45) is 0.0462. The van der Waals surface area contributed by atoms with Crippen LogP contribution in [0, 0.1) is 11.3 Å². The molecule has 0 bridgehead atoms. The van der Waals surface area contributed by atoms with Crippen LogP contribution in [-0.4, -0.2) is 28.4 Å². The number of carboxylic acids is 1. The van der Waals surface area contributed by atoms with Crippen molar-refractivity contribution in [3.05, 3.63) is 34.9 Å². The van der Waals surface area contributed by atoms with Crippen molar-refractivity contribution in [3.8, 4) is 0 Å². The fourth-order valence-corrected chi connectivity index (χ4v) is 1.95. The molecular weight excluding hydrogens is 306 g/mol. The highest BCUT2D eigenvalue weighted by Crippen LogP contribution is 2.17. The van der Waals surface area contributed by atoms with E-state index in [9.17, 15) is 14.7 Å². The van der Waals surface area contributed by atoms with Gasteiger partial charge in [0.25, 0.3) is 0 Å². The van der Waals surface area contributed by atoms with Crippen LogP contribution in [0.1, 0.15) is 32.8 Å². The molecule has 0 radical (unpaired) electrons. The van der Waals surface area contributed by atoms with Crippen LogP contribution in [0.25, 0.3) is 0 Å². The maximum absolute atomic E-state index is 11.8. The van der Waals surface area contributed by atoms with E-state index in [4.69, 9.17) is 21.7 Å². The summed E-state index contributed by atoms with van der Waals surface area (Å²) < 4.78 is 5.07. The molecule has 5 nitrogen and oxygen atoms in total. The lowest BCUT2D eigenvalue weighted by Gasteiger charge is -2.20. The molecule has 2 N–H and O–H groups in total. The Morgan fingerprint density at radius 3 is 2.27 bits per heavy atom. The van der Waals surface area contributed by atoms with Crippen LogP contribution in [0.5, 0.6) is 0 Å². The Kier molecular flexibility index (Phi) is 6.11. The molecule has 22 heavy (non-hydrogen) atoms. The molecule has 1 aromatic rings. The standard InChI is InChI=1S/C16H20ClNO4/c1-16(2,3)22-15(21)13(18)9-11(14(19)20)8-10-4-6-12(17)7-5-10/h4-7,11,18H,8-9H2,1-3H3,(H,19,20). The number of hydrogen-bond donors (Lipinski definition) is 2. The van der Waals surface area contributed by atoms with Gasteiger partial charge in [0.2, 0.25) is 0 Å². The fourth-order valence-electron chi connectivity index (χ4n) is 1.82. The van der Waals surface area contributed by atoms with Crippen LogP contribution >= 0.6 is 11.6 Å². The minimum absolute atomic E-state index is 0.174. The van der Waals surface area contributed by atoms with Crippen molar-refractivity contribution in [3.63, 3.8) is 0 Å². The molecule has 0 aromatic heterocycles. The van der Waals surface area contributed by atoms with E-state index in [-0.39, 0.29) is 18.6 Å². The van der Waals surface area contributed by atoms with Crippen LogP contribution in [-0.2, 0) is 20.7 Å². The number of ether oxygens (including phenoxy) is 1. The third kappa shape index (κ3) is 6.26. The minimum atomic E-state index is -1.05. The van der Waals surface area contributed by atoms with Gasteiger partial charge in [-0.2, -0.15) is 0 Å². The molecule has 0 heterocycles. The van der Waals surface area contributed by atoms with E-state index in [1.165, 1.54) is 0 Å². The maximum Gasteiger partial charge on any atom is 0.352 e. The smallest absolute Gasteiger partial charge is 0.352 e. The Morgan fingerprint density at radius 2 is 1.82 bits per heavy atom. The second-order valence-electron chi connectivity index (χ2n) is 6.05. The third-order valence-corrected chi connectivity index (χ3v) is 3.09. The van der Waals surface area contributed by atoms with E-state index in [0.29, 0.717) is 5.02 Å². The molecule has 0 saturated heterocycles. The van der Waals surface area contributed by atoms with Crippen LogP contribution in [0.4, 0.5) is 0 Å². The van der Waals surface area contributed by atoms with E-state index in [2.05, 4.69) is 0 Å². The number of carboxylic acid groups (broad SMARTS) is 1. The first kappa shape index (κ1) is 18.2. The van der Waals surface area contributed by atoms with Crippen molar-refractivity contribution in [1.29, 1.82) is 5.41 Å². The first-order chi connectivity index (χ1) is 10.1. The highest BCUT2D eigenvalue weighted by molar-refractivity contribution is 6.35. The molecule has 6 heteroatoms. The molecule has 0 amide bonds. The highest BCUT2D eigenvalue weighted by Gasteiger charge is 2.26. The van der Waals surface area contributed by atoms with Gasteiger partial charge in [-0.3, -0.25) is 10.2 Å². The highest BCUT2D eigenvalue weighted by atomic mass is 35.5. The van der Waals surface area contributed by atoms with E-state index in [1.54, 1.807) is 45.0 Å². The summed E-state index contributed by atoms with van der Waals surface area (Å²) >= 11 is 5.79. The van der Waals surface area contributed by atoms with E-state index >= 15 is 0 Å². The Labute approximate surface area is 134 Å². The number of carbonyl (C=O) groups excluding carboxylic acids is 1. The minimum Gasteiger partial charge on any atom is -0.481 e. The average molecular weight is 326 g/mol. The predicted octanol–water partition coefficient (Wildman–Crippen LogP) is 3.33. The zero-order valence-electron chi connectivity index (χ0n) is 12.9. The molecule has 1 rings (SSSR count). The van der Waals surface area contributed by atoms with Crippen molar-refractivity contribution in [2.75, 3.05) is 0 Å². The molecule has 120 valence electrons. The summed E-state index contributed by atoms with van der Waals surface area (Å²) in [4.78, 5) is 23.1. The van der Waals surface area contributed by atoms with Gasteiger partial charge in [-0.1, -0.05) is 23.7 Å². The maximum atomic E-state index is 11.8. The van der Waals surface area contributed by atoms with Gasteiger partial charge in [-0.15, -0.1) is 0 Å². The Morgan fingerprint density at radius 1 is 1.27 bits per heavy atom. The van der Waals surface area contributed by atoms with Crippen molar-refractivity contribution in [2.45, 2.75) is 39.2 Å². The van der Waals surface area contributed by atoms with Crippen LogP contribution in [0.3, 0.4) is 0 Å². The number of benzene rings is 1. The second-order valence-corrected chi connectivity index (χ2v) is 6.49. The van der Waals surface area contributed by atoms with Crippen molar-refractivity contribution < 1.29 is 19.4 Å². The molecule has 0 aliphatic rings. The summed E-state index contributed by atoms with van der Waals surface area (Å²) in [6.45, 7) is 5.09. The van der Waals surface area contributed by atoms with E-state index in [0.717, 1.165) is 5.56 Å². The van der Waals surface area contributed by atoms with Gasteiger partial charge in [0.05, 0.1) is 5.92 Å². The van der Waals surface area contributed by atoms with Crippen molar-refractivity contribution in [1.82, 2.24) is 0 Å². The summed E-state index contributed by atoms with van der Waals surface area (Å²) in [5.74, 6) is -2.70. The molecule has 0 aliphatic heterocycles. The molecule has 0 aliphatic carbocycles. The summed E-state index contributed by atoms with van der Waals surface area (Å²) in [5.41, 5.74) is -0.261. The topological polar surface area (TPSA) is 87.5 Å². The number of halogens is 1. The summed E-state index contributed by atoms with van der Waals surface area (Å²) in [5, 5.41) is 17.6. The van der Waals surface area contributed by atoms with Crippen LogP contribution in [0.2, 0.25) is 5.02 Å². The molecule has 0 saturated carbocycles. The first-order valence-electron chi connectivity index (χ1n) is 6.86. The monoisotopic (exact) mass is 325 g/mol. The van der Waals surface area contributed by atoms with Crippen molar-refractivity contribution in [2.24, 2.45) is 5.92 Å². The Hall–Kier alpha value is -1.88. The van der Waals surface area contributed by atoms with Crippen LogP contribution in [0.15, 0.2) is 24.3 Å². The number of carbonyl (C=O) groups is 2. The number of nitrogens with one attached hydrogen (secondary N) is 1. The summed E-state index contributed by atoms with van der Waals surface area (Å²) in [6, 6.07) is 6.81. The lowest BCUT2D eigenvalue weighted by atomic mass is 9.94. The number of rotatable bonds is 6. The van der Waals surface area contributed by atoms with Gasteiger partial charge in [0, 0.05) is 11.4 Å². The molecule has 0 fully saturated rings. The van der Waals surface area contributed by atoms with Crippen LogP contribution < -0.4 is 0 Å². The predicted molar refractivity (Wildman–Crippen MR) is 84.5 cm³/mol. The normalized spacial score (nSPS) is 12.5. The quantitative estimate of drug-likeness (QED) is 0.620. The molecular formula is C16H20ClNO4. The van der Waals surface area contributed by atoms with Gasteiger partial charge in [0.1, 0.15) is 11.3 Å². The molecule has 0 spiro atoms. The average Bonchev–Trinajstić information content (AvgIpc) is 2.38. The molecule has 1 atom stereocenters. The zero-order chi connectivity index (χ0) is 16.9. The Balaban J connectivity index is 2.72. The van der Waals surface area contributed by atoms with Crippen molar-refractivity contribution >= 4 is 29.3 Å². The van der Waals surface area contributed by atoms with Gasteiger partial charge in [-0.05, 0) is 44.9 Å². The van der Waals surface area contributed by atoms with Gasteiger partial charge < -0.3 is 9.84 Å². The lowest BCUT2D eigenvalue weighted by molar-refractivity contribution is -0.146. The van der Waals surface area contributed by atoms with E-state index in [1.807, 2.05) is 0 Å². The first-order valence-corrected chi connectivity index (χ1v) is 7.24. The molecule has 1 aromatic carbocycles. The largest absolute Gasteiger partial charge is 0.481 e. The van der Waals surface area contributed by atoms with Gasteiger partial charge >= 0.3 is 11.9 Å². The fraction of sp³-hybridized carbons (Fsp3) is 0.438. The summed E-state index contributed by atoms with van der Waals surface area (Å²) in [7, 11) is 0. The zero-order valence-corrected chi connectivity index (χ0v) is 13.6. The number of hydrogen-bond acceptors (Lipinski definition) is 4. The third-order valence-electron chi connectivity index (χ3n) is 2.84. The SMILES string of the molecule is CC(C)(C)OC(=O)C(=N)CC(Cc1ccc(Cl)cc1)C(=O)O. The van der Waals surface area contributed by atoms with Gasteiger partial charge in [0.15, 0.2) is 0 Å². The molecule has 1 unspecified atom stereocenters. The number of esters is 1.